The van der Waals surface area contributed by atoms with Crippen molar-refractivity contribution in [1.29, 1.82) is 0 Å². The van der Waals surface area contributed by atoms with Gasteiger partial charge in [0.1, 0.15) is 0 Å². The van der Waals surface area contributed by atoms with Crippen molar-refractivity contribution < 1.29 is 23.1 Å². The summed E-state index contributed by atoms with van der Waals surface area (Å²) < 4.78 is 23.6. The lowest BCUT2D eigenvalue weighted by Crippen LogP contribution is -2.42. The minimum atomic E-state index is -3.40. The maximum Gasteiger partial charge on any atom is 0.305 e. The molecule has 1 atom stereocenters. The summed E-state index contributed by atoms with van der Waals surface area (Å²) in [5, 5.41) is 10.9. The summed E-state index contributed by atoms with van der Waals surface area (Å²) >= 11 is 0. The first-order chi connectivity index (χ1) is 7.69. The molecule has 0 aliphatic carbocycles. The molecule has 8 heteroatoms. The predicted molar refractivity (Wildman–Crippen MR) is 61.9 cm³/mol. The highest BCUT2D eigenvalue weighted by atomic mass is 32.2. The Labute approximate surface area is 101 Å². The van der Waals surface area contributed by atoms with Gasteiger partial charge in [-0.05, 0) is 13.8 Å². The molecule has 0 saturated heterocycles. The van der Waals surface area contributed by atoms with E-state index in [2.05, 4.69) is 5.32 Å². The average Bonchev–Trinajstić information content (AvgIpc) is 2.15. The molecule has 0 fully saturated rings. The number of nitrogens with one attached hydrogen (secondary N) is 1. The molecular formula is C9H18N2O5S. The van der Waals surface area contributed by atoms with E-state index in [0.717, 1.165) is 4.31 Å². The number of rotatable bonds is 7. The third-order valence-electron chi connectivity index (χ3n) is 2.09. The van der Waals surface area contributed by atoms with Gasteiger partial charge in [-0.15, -0.1) is 0 Å². The van der Waals surface area contributed by atoms with Crippen molar-refractivity contribution in [2.75, 3.05) is 19.3 Å². The summed E-state index contributed by atoms with van der Waals surface area (Å²) in [5.41, 5.74) is 0. The fraction of sp³-hybridized carbons (Fsp3) is 0.778. The monoisotopic (exact) mass is 266 g/mol. The molecule has 1 unspecified atom stereocenters. The third-order valence-corrected chi connectivity index (χ3v) is 3.90. The molecular weight excluding hydrogens is 248 g/mol. The summed E-state index contributed by atoms with van der Waals surface area (Å²) in [7, 11) is -2.09. The Kier molecular flexibility index (Phi) is 6.11. The summed E-state index contributed by atoms with van der Waals surface area (Å²) in [6.07, 6.45) is -0.198. The van der Waals surface area contributed by atoms with Gasteiger partial charge in [0.2, 0.25) is 15.9 Å². The molecule has 100 valence electrons. The Balaban J connectivity index is 4.24. The van der Waals surface area contributed by atoms with Gasteiger partial charge in [0.15, 0.2) is 0 Å². The molecule has 0 aliphatic rings. The van der Waals surface area contributed by atoms with Gasteiger partial charge in [-0.2, -0.15) is 4.31 Å². The summed E-state index contributed by atoms with van der Waals surface area (Å²) in [6.45, 7) is 2.72. The van der Waals surface area contributed by atoms with Crippen LogP contribution in [0, 0.1) is 0 Å². The normalized spacial score (nSPS) is 13.4. The molecule has 7 nitrogen and oxygen atoms in total. The van der Waals surface area contributed by atoms with Crippen LogP contribution in [-0.4, -0.2) is 55.1 Å². The van der Waals surface area contributed by atoms with Crippen LogP contribution in [0.15, 0.2) is 0 Å². The predicted octanol–water partition coefficient (Wildman–Crippen LogP) is -0.753. The molecule has 0 aromatic heterocycles. The average molecular weight is 266 g/mol. The maximum atomic E-state index is 11.4. The van der Waals surface area contributed by atoms with Crippen molar-refractivity contribution in [3.63, 3.8) is 0 Å². The van der Waals surface area contributed by atoms with Gasteiger partial charge in [-0.25, -0.2) is 8.42 Å². The second-order valence-corrected chi connectivity index (χ2v) is 6.09. The van der Waals surface area contributed by atoms with Gasteiger partial charge in [0.25, 0.3) is 0 Å². The van der Waals surface area contributed by atoms with Gasteiger partial charge in [-0.1, -0.05) is 0 Å². The SMILES string of the molecule is CCS(=O)(=O)N(C)CC(=O)NC(C)CC(=O)O. The van der Waals surface area contributed by atoms with Crippen molar-refractivity contribution in [2.45, 2.75) is 26.3 Å². The minimum absolute atomic E-state index is 0.0819. The van der Waals surface area contributed by atoms with E-state index in [1.807, 2.05) is 0 Å². The van der Waals surface area contributed by atoms with Crippen LogP contribution in [0.4, 0.5) is 0 Å². The van der Waals surface area contributed by atoms with E-state index in [-0.39, 0.29) is 18.7 Å². The standard InChI is InChI=1S/C9H18N2O5S/c1-4-17(15,16)11(3)6-8(12)10-7(2)5-9(13)14/h7H,4-6H2,1-3H3,(H,10,12)(H,13,14). The first kappa shape index (κ1) is 15.9. The lowest BCUT2D eigenvalue weighted by atomic mass is 10.2. The van der Waals surface area contributed by atoms with E-state index in [1.54, 1.807) is 6.92 Å². The van der Waals surface area contributed by atoms with Crippen molar-refractivity contribution >= 4 is 21.9 Å². The van der Waals surface area contributed by atoms with Crippen LogP contribution < -0.4 is 5.32 Å². The minimum Gasteiger partial charge on any atom is -0.481 e. The number of likely N-dealkylation sites (N-methyl/N-ethyl adjacent to an activating group) is 1. The van der Waals surface area contributed by atoms with E-state index in [9.17, 15) is 18.0 Å². The molecule has 0 bridgehead atoms. The van der Waals surface area contributed by atoms with Crippen molar-refractivity contribution in [1.82, 2.24) is 9.62 Å². The largest absolute Gasteiger partial charge is 0.481 e. The second kappa shape index (κ2) is 6.55. The molecule has 0 rings (SSSR count). The summed E-state index contributed by atoms with van der Waals surface area (Å²) in [6, 6.07) is -0.530. The summed E-state index contributed by atoms with van der Waals surface area (Å²) in [4.78, 5) is 21.8. The van der Waals surface area contributed by atoms with E-state index >= 15 is 0 Å². The number of amides is 1. The highest BCUT2D eigenvalue weighted by Gasteiger charge is 2.19. The van der Waals surface area contributed by atoms with E-state index in [0.29, 0.717) is 0 Å². The van der Waals surface area contributed by atoms with Gasteiger partial charge in [-0.3, -0.25) is 9.59 Å². The van der Waals surface area contributed by atoms with Crippen molar-refractivity contribution in [2.24, 2.45) is 0 Å². The zero-order valence-corrected chi connectivity index (χ0v) is 11.0. The topological polar surface area (TPSA) is 104 Å². The zero-order valence-electron chi connectivity index (χ0n) is 10.1. The van der Waals surface area contributed by atoms with E-state index in [1.165, 1.54) is 14.0 Å². The number of carboxylic acids is 1. The van der Waals surface area contributed by atoms with Crippen molar-refractivity contribution in [3.8, 4) is 0 Å². The molecule has 2 N–H and O–H groups in total. The molecule has 1 amide bonds. The quantitative estimate of drug-likeness (QED) is 0.631. The molecule has 17 heavy (non-hydrogen) atoms. The number of carbonyl (C=O) groups is 2. The number of aliphatic carboxylic acids is 1. The lowest BCUT2D eigenvalue weighted by molar-refractivity contribution is -0.137. The molecule has 0 saturated carbocycles. The molecule has 0 heterocycles. The van der Waals surface area contributed by atoms with Crippen LogP contribution in [0.3, 0.4) is 0 Å². The Bertz CT molecular complexity index is 379. The van der Waals surface area contributed by atoms with Crippen LogP contribution in [0.25, 0.3) is 0 Å². The number of carbonyl (C=O) groups excluding carboxylic acids is 1. The number of hydrogen-bond donors (Lipinski definition) is 2. The number of carboxylic acid groups (broad SMARTS) is 1. The van der Waals surface area contributed by atoms with Gasteiger partial charge < -0.3 is 10.4 Å². The summed E-state index contributed by atoms with van der Waals surface area (Å²) in [5.74, 6) is -1.62. The fourth-order valence-corrected chi connectivity index (χ4v) is 1.91. The van der Waals surface area contributed by atoms with Gasteiger partial charge in [0, 0.05) is 13.1 Å². The van der Waals surface area contributed by atoms with Gasteiger partial charge in [0.05, 0.1) is 18.7 Å². The lowest BCUT2D eigenvalue weighted by Gasteiger charge is -2.17. The van der Waals surface area contributed by atoms with E-state index in [4.69, 9.17) is 5.11 Å². The van der Waals surface area contributed by atoms with Crippen molar-refractivity contribution in [3.05, 3.63) is 0 Å². The van der Waals surface area contributed by atoms with Crippen LogP contribution in [0.1, 0.15) is 20.3 Å². The zero-order chi connectivity index (χ0) is 13.6. The molecule has 0 aliphatic heterocycles. The van der Waals surface area contributed by atoms with Crippen LogP contribution in [-0.2, 0) is 19.6 Å². The number of hydrogen-bond acceptors (Lipinski definition) is 4. The molecule has 0 spiro atoms. The Hall–Kier alpha value is -1.15. The third kappa shape index (κ3) is 6.22. The maximum absolute atomic E-state index is 11.4. The van der Waals surface area contributed by atoms with Crippen LogP contribution in [0.5, 0.6) is 0 Å². The van der Waals surface area contributed by atoms with Gasteiger partial charge >= 0.3 is 5.97 Å². The fourth-order valence-electron chi connectivity index (χ4n) is 1.15. The molecule has 0 aromatic rings. The smallest absolute Gasteiger partial charge is 0.305 e. The first-order valence-corrected chi connectivity index (χ1v) is 6.75. The molecule has 0 aromatic carbocycles. The Morgan fingerprint density at radius 2 is 1.94 bits per heavy atom. The molecule has 0 radical (unpaired) electrons. The van der Waals surface area contributed by atoms with E-state index < -0.39 is 27.9 Å². The second-order valence-electron chi connectivity index (χ2n) is 3.72. The first-order valence-electron chi connectivity index (χ1n) is 5.14. The Morgan fingerprint density at radius 1 is 1.41 bits per heavy atom. The highest BCUT2D eigenvalue weighted by Crippen LogP contribution is 1.97. The highest BCUT2D eigenvalue weighted by molar-refractivity contribution is 7.89. The van der Waals surface area contributed by atoms with Crippen LogP contribution >= 0.6 is 0 Å². The Morgan fingerprint density at radius 3 is 2.35 bits per heavy atom. The number of nitrogens with zero attached hydrogens (tertiary/aromatic N) is 1. The van der Waals surface area contributed by atoms with Crippen LogP contribution in [0.2, 0.25) is 0 Å². The number of sulfonamides is 1.